The van der Waals surface area contributed by atoms with Crippen molar-refractivity contribution in [2.45, 2.75) is 85.0 Å². The van der Waals surface area contributed by atoms with E-state index in [1.54, 1.807) is 24.3 Å². The smallest absolute Gasteiger partial charge is 0.339 e. The normalized spacial score (nSPS) is 11.0. The highest BCUT2D eigenvalue weighted by atomic mass is 16.4. The third kappa shape index (κ3) is 7.25. The molecule has 0 fully saturated rings. The van der Waals surface area contributed by atoms with Gasteiger partial charge in [0.1, 0.15) is 17.1 Å². The molecule has 0 atom stereocenters. The molecule has 3 N–H and O–H groups in total. The van der Waals surface area contributed by atoms with Crippen LogP contribution in [0.1, 0.15) is 104 Å². The van der Waals surface area contributed by atoms with Crippen LogP contribution in [0.5, 0.6) is 11.5 Å². The van der Waals surface area contributed by atoms with Gasteiger partial charge in [-0.3, -0.25) is 4.79 Å². The quantitative estimate of drug-likeness (QED) is 0.147. The van der Waals surface area contributed by atoms with Gasteiger partial charge in [-0.25, -0.2) is 4.79 Å². The van der Waals surface area contributed by atoms with E-state index in [4.69, 9.17) is 0 Å². The maximum absolute atomic E-state index is 11.9. The first-order valence-corrected chi connectivity index (χ1v) is 13.8. The lowest BCUT2D eigenvalue weighted by atomic mass is 9.86. The summed E-state index contributed by atoms with van der Waals surface area (Å²) in [6, 6.07) is 14.4. The lowest BCUT2D eigenvalue weighted by Gasteiger charge is -2.19. The summed E-state index contributed by atoms with van der Waals surface area (Å²) in [4.78, 5) is 23.3. The monoisotopic (exact) mass is 516 g/mol. The maximum atomic E-state index is 11.9. The van der Waals surface area contributed by atoms with Gasteiger partial charge in [0.25, 0.3) is 0 Å². The number of carbonyl (C=O) groups excluding carboxylic acids is 1. The summed E-state index contributed by atoms with van der Waals surface area (Å²) in [5, 5.41) is 30.4. The van der Waals surface area contributed by atoms with Crippen molar-refractivity contribution in [3.05, 3.63) is 70.8 Å². The predicted octanol–water partition coefficient (Wildman–Crippen LogP) is 8.58. The minimum Gasteiger partial charge on any atom is -0.507 e. The van der Waals surface area contributed by atoms with Crippen molar-refractivity contribution in [3.63, 3.8) is 0 Å². The number of carbonyl (C=O) groups is 2. The SMILES string of the molecule is CCCCCCc1cc(-c2ccc(C(=O)O)c(O)c2)c(CCCCCC)cc1-c1ccc(C(C)=O)c(O)c1. The molecule has 0 amide bonds. The van der Waals surface area contributed by atoms with Gasteiger partial charge in [0, 0.05) is 0 Å². The van der Waals surface area contributed by atoms with Gasteiger partial charge in [0.15, 0.2) is 5.78 Å². The molecule has 0 bridgehead atoms. The second-order valence-electron chi connectivity index (χ2n) is 10.1. The fraction of sp³-hybridized carbons (Fsp3) is 0.394. The van der Waals surface area contributed by atoms with E-state index < -0.39 is 5.97 Å². The molecule has 0 spiro atoms. The van der Waals surface area contributed by atoms with Gasteiger partial charge in [0.05, 0.1) is 5.56 Å². The van der Waals surface area contributed by atoms with Crippen molar-refractivity contribution in [1.29, 1.82) is 0 Å². The number of hydrogen-bond acceptors (Lipinski definition) is 4. The lowest BCUT2D eigenvalue weighted by molar-refractivity contribution is 0.0693. The first-order valence-electron chi connectivity index (χ1n) is 13.8. The summed E-state index contributed by atoms with van der Waals surface area (Å²) in [7, 11) is 0. The summed E-state index contributed by atoms with van der Waals surface area (Å²) in [5.41, 5.74) is 6.12. The van der Waals surface area contributed by atoms with E-state index in [1.807, 2.05) is 6.07 Å². The molecule has 0 aliphatic heterocycles. The topological polar surface area (TPSA) is 94.8 Å². The molecule has 0 saturated heterocycles. The number of aryl methyl sites for hydroxylation is 2. The van der Waals surface area contributed by atoms with Crippen LogP contribution < -0.4 is 0 Å². The number of phenols is 2. The second-order valence-corrected chi connectivity index (χ2v) is 10.1. The molecule has 0 aliphatic rings. The summed E-state index contributed by atoms with van der Waals surface area (Å²) in [6.07, 6.45) is 10.6. The number of ketones is 1. The molecule has 5 heteroatoms. The number of carboxylic acids is 1. The van der Waals surface area contributed by atoms with Crippen molar-refractivity contribution in [2.75, 3.05) is 0 Å². The fourth-order valence-corrected chi connectivity index (χ4v) is 5.00. The van der Waals surface area contributed by atoms with E-state index in [1.165, 1.54) is 13.0 Å². The van der Waals surface area contributed by atoms with Gasteiger partial charge in [-0.05, 0) is 90.3 Å². The summed E-state index contributed by atoms with van der Waals surface area (Å²) < 4.78 is 0. The third-order valence-corrected chi connectivity index (χ3v) is 7.16. The highest BCUT2D eigenvalue weighted by molar-refractivity contribution is 5.97. The minimum atomic E-state index is -1.16. The second kappa shape index (κ2) is 13.8. The number of unbranched alkanes of at least 4 members (excludes halogenated alkanes) is 6. The molecule has 0 heterocycles. The van der Waals surface area contributed by atoms with Crippen molar-refractivity contribution < 1.29 is 24.9 Å². The number of hydrogen-bond donors (Lipinski definition) is 3. The molecule has 3 aromatic carbocycles. The molecule has 202 valence electrons. The lowest BCUT2D eigenvalue weighted by Crippen LogP contribution is -2.00. The Balaban J connectivity index is 2.16. The van der Waals surface area contributed by atoms with Crippen molar-refractivity contribution in [3.8, 4) is 33.8 Å². The molecule has 0 aliphatic carbocycles. The molecular weight excluding hydrogens is 476 g/mol. The molecular formula is C33H40O5. The maximum Gasteiger partial charge on any atom is 0.339 e. The van der Waals surface area contributed by atoms with Gasteiger partial charge in [-0.15, -0.1) is 0 Å². The van der Waals surface area contributed by atoms with Crippen LogP contribution in [0.3, 0.4) is 0 Å². The minimum absolute atomic E-state index is 0.0188. The van der Waals surface area contributed by atoms with E-state index in [0.717, 1.165) is 97.6 Å². The average Bonchev–Trinajstić information content (AvgIpc) is 2.88. The first-order chi connectivity index (χ1) is 18.3. The molecule has 0 aromatic heterocycles. The summed E-state index contributed by atoms with van der Waals surface area (Å²) >= 11 is 0. The van der Waals surface area contributed by atoms with E-state index in [2.05, 4.69) is 26.0 Å². The molecule has 0 saturated carbocycles. The van der Waals surface area contributed by atoms with Crippen LogP contribution >= 0.6 is 0 Å². The third-order valence-electron chi connectivity index (χ3n) is 7.16. The Hall–Kier alpha value is -3.60. The zero-order valence-corrected chi connectivity index (χ0v) is 22.8. The van der Waals surface area contributed by atoms with Crippen LogP contribution in [0.25, 0.3) is 22.3 Å². The van der Waals surface area contributed by atoms with Gasteiger partial charge in [0.2, 0.25) is 0 Å². The Bertz CT molecular complexity index is 1180. The molecule has 3 aromatic rings. The van der Waals surface area contributed by atoms with Crippen LogP contribution in [0, 0.1) is 0 Å². The van der Waals surface area contributed by atoms with Crippen molar-refractivity contribution >= 4 is 11.8 Å². The number of aromatic hydroxyl groups is 2. The summed E-state index contributed by atoms with van der Waals surface area (Å²) in [5.74, 6) is -1.60. The zero-order chi connectivity index (χ0) is 27.7. The van der Waals surface area contributed by atoms with E-state index in [0.29, 0.717) is 5.56 Å². The molecule has 5 nitrogen and oxygen atoms in total. The van der Waals surface area contributed by atoms with Gasteiger partial charge >= 0.3 is 5.97 Å². The number of Topliss-reactive ketones (excluding diaryl/α,β-unsaturated/α-hetero) is 1. The number of benzene rings is 3. The van der Waals surface area contributed by atoms with Crippen LogP contribution in [-0.2, 0) is 12.8 Å². The van der Waals surface area contributed by atoms with Gasteiger partial charge < -0.3 is 15.3 Å². The van der Waals surface area contributed by atoms with E-state index in [-0.39, 0.29) is 22.8 Å². The molecule has 38 heavy (non-hydrogen) atoms. The van der Waals surface area contributed by atoms with Crippen LogP contribution in [-0.4, -0.2) is 27.1 Å². The molecule has 0 radical (unpaired) electrons. The van der Waals surface area contributed by atoms with Crippen LogP contribution in [0.2, 0.25) is 0 Å². The fourth-order valence-electron chi connectivity index (χ4n) is 5.00. The Labute approximate surface area is 226 Å². The van der Waals surface area contributed by atoms with Gasteiger partial charge in [-0.2, -0.15) is 0 Å². The predicted molar refractivity (Wildman–Crippen MR) is 153 cm³/mol. The first kappa shape index (κ1) is 29.0. The molecule has 3 rings (SSSR count). The highest BCUT2D eigenvalue weighted by Gasteiger charge is 2.17. The number of carboxylic acid groups (broad SMARTS) is 1. The Kier molecular flexibility index (Phi) is 10.5. The molecule has 0 unspecified atom stereocenters. The zero-order valence-electron chi connectivity index (χ0n) is 22.8. The van der Waals surface area contributed by atoms with Crippen molar-refractivity contribution in [2.24, 2.45) is 0 Å². The van der Waals surface area contributed by atoms with Crippen LogP contribution in [0.15, 0.2) is 48.5 Å². The summed E-state index contributed by atoms with van der Waals surface area (Å²) in [6.45, 7) is 5.81. The standard InChI is InChI=1S/C33H40O5/c1-4-6-8-10-12-23-19-30(26-15-17-28(33(37)38)32(36)21-26)24(13-11-9-7-5-2)18-29(23)25-14-16-27(22(3)34)31(35)20-25/h14-21,35-36H,4-13H2,1-3H3,(H,37,38). The van der Waals surface area contributed by atoms with Crippen LogP contribution in [0.4, 0.5) is 0 Å². The Morgan fingerprint density at radius 3 is 1.45 bits per heavy atom. The Morgan fingerprint density at radius 1 is 0.632 bits per heavy atom. The van der Waals surface area contributed by atoms with E-state index >= 15 is 0 Å². The highest BCUT2D eigenvalue weighted by Crippen LogP contribution is 2.37. The Morgan fingerprint density at radius 2 is 1.08 bits per heavy atom. The average molecular weight is 517 g/mol. The number of aromatic carboxylic acids is 1. The number of rotatable bonds is 14. The van der Waals surface area contributed by atoms with E-state index in [9.17, 15) is 24.9 Å². The van der Waals surface area contributed by atoms with Gasteiger partial charge in [-0.1, -0.05) is 76.6 Å². The largest absolute Gasteiger partial charge is 0.507 e. The van der Waals surface area contributed by atoms with Crippen molar-refractivity contribution in [1.82, 2.24) is 0 Å². The number of phenolic OH excluding ortho intramolecular Hbond substituents is 1.